The molecule has 0 aromatic carbocycles. The highest BCUT2D eigenvalue weighted by Gasteiger charge is 2.02. The van der Waals surface area contributed by atoms with Gasteiger partial charge in [0.1, 0.15) is 5.78 Å². The number of ketones is 1. The van der Waals surface area contributed by atoms with Crippen molar-refractivity contribution < 1.29 is 4.79 Å². The molecule has 0 bridgehead atoms. The monoisotopic (exact) mass is 160 g/mol. The average molecular weight is 160 g/mol. The molecule has 0 heterocycles. The van der Waals surface area contributed by atoms with Crippen LogP contribution >= 0.6 is 11.8 Å². The Morgan fingerprint density at radius 2 is 2.10 bits per heavy atom. The van der Waals surface area contributed by atoms with E-state index >= 15 is 0 Å². The van der Waals surface area contributed by atoms with E-state index in [1.165, 1.54) is 0 Å². The summed E-state index contributed by atoms with van der Waals surface area (Å²) in [6.45, 7) is 6.22. The zero-order valence-electron chi connectivity index (χ0n) is 7.02. The predicted octanol–water partition coefficient (Wildman–Crippen LogP) is 2.50. The van der Waals surface area contributed by atoms with Crippen molar-refractivity contribution in [2.45, 2.75) is 38.9 Å². The normalized spacial score (nSPS) is 13.1. The summed E-state index contributed by atoms with van der Waals surface area (Å²) in [5.74, 6) is 1.07. The van der Waals surface area contributed by atoms with Gasteiger partial charge in [0, 0.05) is 11.7 Å². The van der Waals surface area contributed by atoms with E-state index in [-0.39, 0.29) is 0 Å². The van der Waals surface area contributed by atoms with Crippen LogP contribution in [0.4, 0.5) is 0 Å². The third-order valence-electron chi connectivity index (χ3n) is 1.50. The molecule has 0 aromatic rings. The smallest absolute Gasteiger partial charge is 0.142 e. The van der Waals surface area contributed by atoms with Gasteiger partial charge in [-0.05, 0) is 6.42 Å². The molecule has 10 heavy (non-hydrogen) atoms. The van der Waals surface area contributed by atoms with Crippen molar-refractivity contribution in [3.8, 4) is 0 Å². The largest absolute Gasteiger partial charge is 0.299 e. The summed E-state index contributed by atoms with van der Waals surface area (Å²) in [6.07, 6.45) is 1.84. The molecule has 2 heteroatoms. The van der Waals surface area contributed by atoms with E-state index in [4.69, 9.17) is 0 Å². The first-order valence-corrected chi connectivity index (χ1v) is 4.88. The summed E-state index contributed by atoms with van der Waals surface area (Å²) in [6, 6.07) is 0. The molecule has 0 fully saturated rings. The quantitative estimate of drug-likeness (QED) is 0.614. The highest BCUT2D eigenvalue weighted by Crippen LogP contribution is 2.13. The fourth-order valence-corrected chi connectivity index (χ4v) is 1.37. The van der Waals surface area contributed by atoms with Crippen molar-refractivity contribution in [1.82, 2.24) is 0 Å². The maximum Gasteiger partial charge on any atom is 0.142 e. The van der Waals surface area contributed by atoms with Gasteiger partial charge in [0.05, 0.1) is 5.75 Å². The Bertz CT molecular complexity index is 101. The third kappa shape index (κ3) is 4.86. The van der Waals surface area contributed by atoms with Gasteiger partial charge >= 0.3 is 0 Å². The summed E-state index contributed by atoms with van der Waals surface area (Å²) in [5.41, 5.74) is 0. The van der Waals surface area contributed by atoms with Crippen molar-refractivity contribution in [3.63, 3.8) is 0 Å². The molecular formula is C8H16OS. The first-order chi connectivity index (χ1) is 4.70. The third-order valence-corrected chi connectivity index (χ3v) is 2.89. The SMILES string of the molecule is CCC(=O)CSC(C)CC. The lowest BCUT2D eigenvalue weighted by atomic mass is 10.3. The highest BCUT2D eigenvalue weighted by molar-refractivity contribution is 8.00. The van der Waals surface area contributed by atoms with Gasteiger partial charge in [-0.15, -0.1) is 0 Å². The second kappa shape index (κ2) is 5.78. The van der Waals surface area contributed by atoms with Crippen molar-refractivity contribution in [2.75, 3.05) is 5.75 Å². The lowest BCUT2D eigenvalue weighted by molar-refractivity contribution is -0.116. The minimum absolute atomic E-state index is 0.366. The van der Waals surface area contributed by atoms with Crippen LogP contribution in [0.25, 0.3) is 0 Å². The van der Waals surface area contributed by atoms with Gasteiger partial charge in [-0.2, -0.15) is 11.8 Å². The number of carbonyl (C=O) groups excluding carboxylic acids is 1. The summed E-state index contributed by atoms with van der Waals surface area (Å²) >= 11 is 1.76. The van der Waals surface area contributed by atoms with Gasteiger partial charge in [-0.1, -0.05) is 20.8 Å². The second-order valence-corrected chi connectivity index (χ2v) is 3.85. The van der Waals surface area contributed by atoms with Crippen LogP contribution in [0.1, 0.15) is 33.6 Å². The molecule has 1 atom stereocenters. The number of hydrogen-bond donors (Lipinski definition) is 0. The van der Waals surface area contributed by atoms with Crippen LogP contribution in [0.5, 0.6) is 0 Å². The zero-order chi connectivity index (χ0) is 7.98. The number of Topliss-reactive ketones (excluding diaryl/α,β-unsaturated/α-hetero) is 1. The van der Waals surface area contributed by atoms with Crippen molar-refractivity contribution in [1.29, 1.82) is 0 Å². The Balaban J connectivity index is 3.26. The van der Waals surface area contributed by atoms with E-state index in [0.29, 0.717) is 23.2 Å². The summed E-state index contributed by atoms with van der Waals surface area (Å²) in [4.78, 5) is 10.8. The molecule has 0 saturated carbocycles. The Hall–Kier alpha value is 0.0200. The Morgan fingerprint density at radius 3 is 2.50 bits per heavy atom. The Kier molecular flexibility index (Phi) is 5.79. The molecule has 1 nitrogen and oxygen atoms in total. The standard InChI is InChI=1S/C8H16OS/c1-4-7(3)10-6-8(9)5-2/h7H,4-6H2,1-3H3. The molecule has 60 valence electrons. The lowest BCUT2D eigenvalue weighted by Crippen LogP contribution is -2.03. The van der Waals surface area contributed by atoms with E-state index < -0.39 is 0 Å². The van der Waals surface area contributed by atoms with Gasteiger partial charge in [-0.25, -0.2) is 0 Å². The zero-order valence-corrected chi connectivity index (χ0v) is 7.83. The first-order valence-electron chi connectivity index (χ1n) is 3.84. The molecule has 0 aliphatic heterocycles. The van der Waals surface area contributed by atoms with Gasteiger partial charge in [0.25, 0.3) is 0 Å². The number of hydrogen-bond acceptors (Lipinski definition) is 2. The molecule has 0 aliphatic carbocycles. The molecule has 0 N–H and O–H groups in total. The van der Waals surface area contributed by atoms with Crippen molar-refractivity contribution in [2.24, 2.45) is 0 Å². The van der Waals surface area contributed by atoms with E-state index in [2.05, 4.69) is 13.8 Å². The van der Waals surface area contributed by atoms with Gasteiger partial charge < -0.3 is 0 Å². The number of carbonyl (C=O) groups is 1. The van der Waals surface area contributed by atoms with Gasteiger partial charge in [0.2, 0.25) is 0 Å². The fraction of sp³-hybridized carbons (Fsp3) is 0.875. The van der Waals surface area contributed by atoms with E-state index in [1.54, 1.807) is 11.8 Å². The average Bonchev–Trinajstić information content (AvgIpc) is 1.99. The lowest BCUT2D eigenvalue weighted by Gasteiger charge is -2.05. The minimum atomic E-state index is 0.366. The molecule has 0 spiro atoms. The van der Waals surface area contributed by atoms with Crippen LogP contribution in [0.15, 0.2) is 0 Å². The Morgan fingerprint density at radius 1 is 1.50 bits per heavy atom. The van der Waals surface area contributed by atoms with Gasteiger partial charge in [0.15, 0.2) is 0 Å². The molecule has 1 unspecified atom stereocenters. The van der Waals surface area contributed by atoms with Crippen molar-refractivity contribution in [3.05, 3.63) is 0 Å². The minimum Gasteiger partial charge on any atom is -0.299 e. The molecular weight excluding hydrogens is 144 g/mol. The van der Waals surface area contributed by atoms with E-state index in [0.717, 1.165) is 6.42 Å². The molecule has 0 aliphatic rings. The molecule has 0 aromatic heterocycles. The first kappa shape index (κ1) is 10.0. The number of thioether (sulfide) groups is 1. The second-order valence-electron chi connectivity index (χ2n) is 2.42. The molecule has 0 rings (SSSR count). The van der Waals surface area contributed by atoms with Crippen LogP contribution in [0.3, 0.4) is 0 Å². The highest BCUT2D eigenvalue weighted by atomic mass is 32.2. The molecule has 0 saturated heterocycles. The van der Waals surface area contributed by atoms with Crippen LogP contribution in [0.2, 0.25) is 0 Å². The van der Waals surface area contributed by atoms with E-state index in [1.807, 2.05) is 6.92 Å². The fourth-order valence-electron chi connectivity index (χ4n) is 0.455. The number of rotatable bonds is 5. The maximum atomic E-state index is 10.8. The maximum absolute atomic E-state index is 10.8. The van der Waals surface area contributed by atoms with Gasteiger partial charge in [-0.3, -0.25) is 4.79 Å². The van der Waals surface area contributed by atoms with Crippen LogP contribution < -0.4 is 0 Å². The predicted molar refractivity (Wildman–Crippen MR) is 47.5 cm³/mol. The summed E-state index contributed by atoms with van der Waals surface area (Å²) < 4.78 is 0. The Labute approximate surface area is 67.6 Å². The van der Waals surface area contributed by atoms with E-state index in [9.17, 15) is 4.79 Å². The topological polar surface area (TPSA) is 17.1 Å². The molecule has 0 radical (unpaired) electrons. The van der Waals surface area contributed by atoms with Crippen molar-refractivity contribution >= 4 is 17.5 Å². The van der Waals surface area contributed by atoms with Crippen LogP contribution in [0, 0.1) is 0 Å². The summed E-state index contributed by atoms with van der Waals surface area (Å²) in [7, 11) is 0. The summed E-state index contributed by atoms with van der Waals surface area (Å²) in [5, 5.41) is 0.635. The van der Waals surface area contributed by atoms with Crippen LogP contribution in [-0.4, -0.2) is 16.8 Å². The van der Waals surface area contributed by atoms with Crippen LogP contribution in [-0.2, 0) is 4.79 Å². The molecule has 0 amide bonds.